The zero-order chi connectivity index (χ0) is 21.2. The molecule has 0 fully saturated rings. The highest BCUT2D eigenvalue weighted by atomic mass is 19.4. The highest BCUT2D eigenvalue weighted by Gasteiger charge is 2.35. The second-order valence-corrected chi connectivity index (χ2v) is 8.07. The first-order valence-corrected chi connectivity index (χ1v) is 9.29. The van der Waals surface area contributed by atoms with E-state index in [1.54, 1.807) is 6.07 Å². The Balaban J connectivity index is 1.58. The Hall–Kier alpha value is -2.71. The van der Waals surface area contributed by atoms with Gasteiger partial charge in [-0.25, -0.2) is 9.78 Å². The number of urea groups is 1. The molecule has 1 aliphatic carbocycles. The molecule has 1 aliphatic rings. The molecule has 1 unspecified atom stereocenters. The molecule has 2 aromatic heterocycles. The minimum absolute atomic E-state index is 0.00887. The van der Waals surface area contributed by atoms with Crippen LogP contribution >= 0.6 is 0 Å². The maximum atomic E-state index is 12.4. The third kappa shape index (κ3) is 5.88. The lowest BCUT2D eigenvalue weighted by atomic mass is 9.75. The van der Waals surface area contributed by atoms with Gasteiger partial charge in [-0.15, -0.1) is 0 Å². The minimum Gasteiger partial charge on any atom is -0.468 e. The van der Waals surface area contributed by atoms with Crippen LogP contribution < -0.4 is 15.4 Å². The topological polar surface area (TPSA) is 76.4 Å². The van der Waals surface area contributed by atoms with Gasteiger partial charge in [0, 0.05) is 30.8 Å². The van der Waals surface area contributed by atoms with Crippen LogP contribution in [0.1, 0.15) is 49.0 Å². The number of amides is 2. The van der Waals surface area contributed by atoms with Crippen molar-refractivity contribution in [1.82, 2.24) is 15.6 Å². The monoisotopic (exact) mass is 411 g/mol. The molecule has 3 rings (SSSR count). The first kappa shape index (κ1) is 21.0. The Morgan fingerprint density at radius 3 is 2.86 bits per heavy atom. The molecule has 0 aliphatic heterocycles. The first-order valence-electron chi connectivity index (χ1n) is 9.29. The quantitative estimate of drug-likeness (QED) is 0.763. The number of halogens is 3. The number of carbonyl (C=O) groups is 1. The minimum atomic E-state index is -4.44. The summed E-state index contributed by atoms with van der Waals surface area (Å²) >= 11 is 0. The van der Waals surface area contributed by atoms with E-state index in [0.29, 0.717) is 5.56 Å². The fraction of sp³-hybridized carbons (Fsp3) is 0.500. The van der Waals surface area contributed by atoms with Gasteiger partial charge in [-0.1, -0.05) is 13.8 Å². The number of aryl methyl sites for hydroxylation is 1. The van der Waals surface area contributed by atoms with E-state index in [-0.39, 0.29) is 29.9 Å². The van der Waals surface area contributed by atoms with E-state index >= 15 is 0 Å². The van der Waals surface area contributed by atoms with Crippen molar-refractivity contribution in [3.8, 4) is 5.88 Å². The van der Waals surface area contributed by atoms with Crippen molar-refractivity contribution >= 4 is 6.03 Å². The van der Waals surface area contributed by atoms with E-state index < -0.39 is 12.8 Å². The van der Waals surface area contributed by atoms with Crippen molar-refractivity contribution in [2.24, 2.45) is 5.41 Å². The lowest BCUT2D eigenvalue weighted by molar-refractivity contribution is -0.154. The van der Waals surface area contributed by atoms with Gasteiger partial charge in [0.05, 0.1) is 6.04 Å². The third-order valence-electron chi connectivity index (χ3n) is 4.68. The number of nitrogens with one attached hydrogen (secondary N) is 2. The molecule has 2 aromatic rings. The van der Waals surface area contributed by atoms with E-state index in [1.165, 1.54) is 12.3 Å². The molecule has 6 nitrogen and oxygen atoms in total. The number of aromatic nitrogens is 1. The van der Waals surface area contributed by atoms with Gasteiger partial charge in [-0.05, 0) is 36.5 Å². The standard InChI is InChI=1S/C20H24F3N3O3/c1-12-6-14-15(8-19(2,3)9-16(14)29-12)26-18(27)25-10-13-4-5-24-17(7-13)28-11-20(21,22)23/h4-7,15H,8-11H2,1-3H3,(H2,25,26,27). The van der Waals surface area contributed by atoms with Crippen LogP contribution in [0, 0.1) is 12.3 Å². The van der Waals surface area contributed by atoms with Gasteiger partial charge in [0.1, 0.15) is 11.5 Å². The molecule has 158 valence electrons. The fourth-order valence-electron chi connectivity index (χ4n) is 3.50. The van der Waals surface area contributed by atoms with Crippen LogP contribution in [-0.4, -0.2) is 23.8 Å². The number of hydrogen-bond acceptors (Lipinski definition) is 4. The van der Waals surface area contributed by atoms with E-state index in [9.17, 15) is 18.0 Å². The van der Waals surface area contributed by atoms with Gasteiger partial charge in [0.15, 0.2) is 6.61 Å². The number of fused-ring (bicyclic) bond motifs is 1. The third-order valence-corrected chi connectivity index (χ3v) is 4.68. The summed E-state index contributed by atoms with van der Waals surface area (Å²) in [6.45, 7) is 4.84. The Morgan fingerprint density at radius 1 is 1.38 bits per heavy atom. The molecule has 2 N–H and O–H groups in total. The first-order chi connectivity index (χ1) is 13.5. The second kappa shape index (κ2) is 7.96. The molecule has 0 bridgehead atoms. The zero-order valence-corrected chi connectivity index (χ0v) is 16.5. The Labute approximate surface area is 166 Å². The molecular weight excluding hydrogens is 387 g/mol. The number of hydrogen-bond donors (Lipinski definition) is 2. The van der Waals surface area contributed by atoms with Crippen LogP contribution in [0.2, 0.25) is 0 Å². The summed E-state index contributed by atoms with van der Waals surface area (Å²) in [5.74, 6) is 1.56. The predicted molar refractivity (Wildman–Crippen MR) is 99.4 cm³/mol. The van der Waals surface area contributed by atoms with E-state index in [2.05, 4.69) is 34.2 Å². The smallest absolute Gasteiger partial charge is 0.422 e. The molecule has 0 radical (unpaired) electrons. The van der Waals surface area contributed by atoms with Crippen LogP contribution in [0.3, 0.4) is 0 Å². The Morgan fingerprint density at radius 2 is 2.14 bits per heavy atom. The van der Waals surface area contributed by atoms with Crippen LogP contribution in [0.25, 0.3) is 0 Å². The predicted octanol–water partition coefficient (Wildman–Crippen LogP) is 4.44. The number of rotatable bonds is 5. The second-order valence-electron chi connectivity index (χ2n) is 8.07. The molecule has 2 amide bonds. The van der Waals surface area contributed by atoms with Gasteiger partial charge >= 0.3 is 12.2 Å². The Kier molecular flexibility index (Phi) is 5.77. The van der Waals surface area contributed by atoms with Crippen molar-refractivity contribution in [1.29, 1.82) is 0 Å². The summed E-state index contributed by atoms with van der Waals surface area (Å²) in [4.78, 5) is 16.2. The van der Waals surface area contributed by atoms with E-state index in [4.69, 9.17) is 4.42 Å². The number of furan rings is 1. The van der Waals surface area contributed by atoms with Crippen molar-refractivity contribution in [3.05, 3.63) is 47.0 Å². The van der Waals surface area contributed by atoms with Gasteiger partial charge in [0.25, 0.3) is 0 Å². The van der Waals surface area contributed by atoms with Crippen molar-refractivity contribution < 1.29 is 27.1 Å². The molecular formula is C20H24F3N3O3. The maximum absolute atomic E-state index is 12.4. The number of alkyl halides is 3. The van der Waals surface area contributed by atoms with Crippen LogP contribution in [0.4, 0.5) is 18.0 Å². The van der Waals surface area contributed by atoms with Crippen LogP contribution in [0.15, 0.2) is 28.8 Å². The summed E-state index contributed by atoms with van der Waals surface area (Å²) in [6, 6.07) is 4.37. The average molecular weight is 411 g/mol. The van der Waals surface area contributed by atoms with Crippen molar-refractivity contribution in [2.75, 3.05) is 6.61 Å². The van der Waals surface area contributed by atoms with Gasteiger partial charge in [0.2, 0.25) is 5.88 Å². The van der Waals surface area contributed by atoms with Gasteiger partial charge < -0.3 is 19.8 Å². The van der Waals surface area contributed by atoms with Crippen LogP contribution in [-0.2, 0) is 13.0 Å². The normalized spacial score (nSPS) is 18.1. The average Bonchev–Trinajstić information content (AvgIpc) is 2.97. The van der Waals surface area contributed by atoms with Crippen LogP contribution in [0.5, 0.6) is 5.88 Å². The lowest BCUT2D eigenvalue weighted by Gasteiger charge is -2.34. The maximum Gasteiger partial charge on any atom is 0.422 e. The number of carbonyl (C=O) groups excluding carboxylic acids is 1. The number of nitrogens with zero attached hydrogens (tertiary/aromatic N) is 1. The SMILES string of the molecule is Cc1cc2c(o1)CC(C)(C)CC2NC(=O)NCc1ccnc(OCC(F)(F)F)c1. The lowest BCUT2D eigenvalue weighted by Crippen LogP contribution is -2.41. The molecule has 9 heteroatoms. The molecule has 2 heterocycles. The summed E-state index contributed by atoms with van der Waals surface area (Å²) in [5.41, 5.74) is 1.56. The fourth-order valence-corrected chi connectivity index (χ4v) is 3.50. The van der Waals surface area contributed by atoms with Crippen molar-refractivity contribution in [2.45, 2.75) is 52.4 Å². The summed E-state index contributed by atoms with van der Waals surface area (Å²) in [7, 11) is 0. The van der Waals surface area contributed by atoms with Gasteiger partial charge in [-0.3, -0.25) is 0 Å². The van der Waals surface area contributed by atoms with Gasteiger partial charge in [-0.2, -0.15) is 13.2 Å². The molecule has 1 atom stereocenters. The molecule has 0 aromatic carbocycles. The molecule has 0 saturated heterocycles. The Bertz CT molecular complexity index is 877. The van der Waals surface area contributed by atoms with E-state index in [1.807, 2.05) is 13.0 Å². The summed E-state index contributed by atoms with van der Waals surface area (Å²) < 4.78 is 47.2. The molecule has 0 saturated carbocycles. The number of pyridine rings is 1. The summed E-state index contributed by atoms with van der Waals surface area (Å²) in [5, 5.41) is 5.69. The molecule has 0 spiro atoms. The summed E-state index contributed by atoms with van der Waals surface area (Å²) in [6.07, 6.45) is -1.51. The highest BCUT2D eigenvalue weighted by Crippen LogP contribution is 2.41. The highest BCUT2D eigenvalue weighted by molar-refractivity contribution is 5.74. The number of ether oxygens (including phenoxy) is 1. The molecule has 29 heavy (non-hydrogen) atoms. The van der Waals surface area contributed by atoms with E-state index in [0.717, 1.165) is 29.9 Å². The van der Waals surface area contributed by atoms with Crippen molar-refractivity contribution in [3.63, 3.8) is 0 Å². The largest absolute Gasteiger partial charge is 0.468 e. The zero-order valence-electron chi connectivity index (χ0n) is 16.5.